The molecule has 6 nitrogen and oxygen atoms in total. The van der Waals surface area contributed by atoms with Crippen molar-refractivity contribution >= 4 is 6.03 Å². The Bertz CT molecular complexity index is 520. The van der Waals surface area contributed by atoms with Crippen LogP contribution in [0.4, 0.5) is 4.79 Å². The molecular weight excluding hydrogens is 280 g/mol. The molecule has 0 radical (unpaired) electrons. The van der Waals surface area contributed by atoms with Crippen molar-refractivity contribution in [1.82, 2.24) is 20.4 Å². The first-order valence-electron chi connectivity index (χ1n) is 7.80. The number of nitrogens with zero attached hydrogens (tertiary/aromatic N) is 2. The zero-order valence-corrected chi connectivity index (χ0v) is 14.8. The van der Waals surface area contributed by atoms with E-state index in [1.807, 2.05) is 46.3 Å². The minimum absolute atomic E-state index is 0.00870. The molecule has 1 aromatic heterocycles. The Balaban J connectivity index is 2.51. The van der Waals surface area contributed by atoms with Gasteiger partial charge in [-0.3, -0.25) is 4.68 Å². The fraction of sp³-hybridized carbons (Fsp3) is 0.750. The summed E-state index contributed by atoms with van der Waals surface area (Å²) < 4.78 is 1.86. The number of aliphatic hydroxyl groups is 1. The summed E-state index contributed by atoms with van der Waals surface area (Å²) in [7, 11) is 1.92. The minimum Gasteiger partial charge on any atom is -0.388 e. The number of aryl methyl sites for hydroxylation is 2. The quantitative estimate of drug-likeness (QED) is 0.748. The average Bonchev–Trinajstić information content (AvgIpc) is 2.63. The molecule has 3 N–H and O–H groups in total. The zero-order chi connectivity index (χ0) is 17.1. The second-order valence-corrected chi connectivity index (χ2v) is 6.72. The molecule has 2 amide bonds. The third-order valence-electron chi connectivity index (χ3n) is 4.40. The van der Waals surface area contributed by atoms with Crippen LogP contribution in [0.25, 0.3) is 0 Å². The molecule has 6 heteroatoms. The van der Waals surface area contributed by atoms with E-state index in [4.69, 9.17) is 0 Å². The molecule has 0 fully saturated rings. The summed E-state index contributed by atoms with van der Waals surface area (Å²) >= 11 is 0. The Kier molecular flexibility index (Phi) is 6.00. The van der Waals surface area contributed by atoms with Crippen molar-refractivity contribution in [2.75, 3.05) is 6.54 Å². The highest BCUT2D eigenvalue weighted by Gasteiger charge is 2.25. The Morgan fingerprint density at radius 2 is 1.95 bits per heavy atom. The lowest BCUT2D eigenvalue weighted by atomic mass is 9.93. The molecule has 1 aromatic rings. The van der Waals surface area contributed by atoms with E-state index in [1.54, 1.807) is 6.92 Å². The number of hydrogen-bond acceptors (Lipinski definition) is 3. The first kappa shape index (κ1) is 18.5. The topological polar surface area (TPSA) is 79.2 Å². The number of aromatic nitrogens is 2. The minimum atomic E-state index is -0.906. The van der Waals surface area contributed by atoms with E-state index in [1.165, 1.54) is 5.56 Å². The number of nitrogens with one attached hydrogen (secondary N) is 2. The number of carbonyl (C=O) groups excluding carboxylic acids is 1. The lowest BCUT2D eigenvalue weighted by Gasteiger charge is -2.28. The van der Waals surface area contributed by atoms with Crippen LogP contribution in [0.1, 0.15) is 44.6 Å². The SMILES string of the molecule is Cc1nn(C)c(C)c1CC(C)NC(=O)NCC(C)(O)C(C)C. The smallest absolute Gasteiger partial charge is 0.315 e. The second-order valence-electron chi connectivity index (χ2n) is 6.72. The number of amides is 2. The van der Waals surface area contributed by atoms with Crippen LogP contribution in [0.5, 0.6) is 0 Å². The first-order chi connectivity index (χ1) is 10.0. The van der Waals surface area contributed by atoms with Crippen molar-refractivity contribution in [2.24, 2.45) is 13.0 Å². The third kappa shape index (κ3) is 4.73. The summed E-state index contributed by atoms with van der Waals surface area (Å²) in [4.78, 5) is 11.9. The van der Waals surface area contributed by atoms with E-state index in [0.717, 1.165) is 17.8 Å². The molecule has 0 aromatic carbocycles. The summed E-state index contributed by atoms with van der Waals surface area (Å²) in [6.45, 7) is 11.8. The maximum absolute atomic E-state index is 11.9. The van der Waals surface area contributed by atoms with Crippen molar-refractivity contribution in [2.45, 2.75) is 59.6 Å². The van der Waals surface area contributed by atoms with Gasteiger partial charge in [-0.15, -0.1) is 0 Å². The predicted molar refractivity (Wildman–Crippen MR) is 87.8 cm³/mol. The van der Waals surface area contributed by atoms with Crippen LogP contribution in [0.15, 0.2) is 0 Å². The van der Waals surface area contributed by atoms with E-state index in [2.05, 4.69) is 15.7 Å². The van der Waals surface area contributed by atoms with Crippen LogP contribution in [0.2, 0.25) is 0 Å². The van der Waals surface area contributed by atoms with Gasteiger partial charge in [0, 0.05) is 25.3 Å². The fourth-order valence-corrected chi connectivity index (χ4v) is 2.21. The molecule has 0 bridgehead atoms. The molecule has 0 spiro atoms. The molecule has 1 rings (SSSR count). The Hall–Kier alpha value is -1.56. The molecule has 0 aliphatic heterocycles. The van der Waals surface area contributed by atoms with Gasteiger partial charge in [0.15, 0.2) is 0 Å². The summed E-state index contributed by atoms with van der Waals surface area (Å²) in [6, 6.07) is -0.266. The van der Waals surface area contributed by atoms with Gasteiger partial charge < -0.3 is 15.7 Å². The molecule has 22 heavy (non-hydrogen) atoms. The van der Waals surface area contributed by atoms with Gasteiger partial charge in [-0.05, 0) is 45.6 Å². The second kappa shape index (κ2) is 7.13. The molecule has 0 saturated carbocycles. The van der Waals surface area contributed by atoms with Crippen LogP contribution >= 0.6 is 0 Å². The molecule has 2 unspecified atom stereocenters. The predicted octanol–water partition coefficient (Wildman–Crippen LogP) is 1.67. The van der Waals surface area contributed by atoms with Gasteiger partial charge in [0.2, 0.25) is 0 Å². The molecular formula is C16H30N4O2. The van der Waals surface area contributed by atoms with E-state index < -0.39 is 5.60 Å². The molecule has 2 atom stereocenters. The van der Waals surface area contributed by atoms with Crippen molar-refractivity contribution in [3.05, 3.63) is 17.0 Å². The zero-order valence-electron chi connectivity index (χ0n) is 14.8. The van der Waals surface area contributed by atoms with Crippen LogP contribution in [0, 0.1) is 19.8 Å². The molecule has 1 heterocycles. The van der Waals surface area contributed by atoms with Gasteiger partial charge in [-0.25, -0.2) is 4.79 Å². The standard InChI is InChI=1S/C16H30N4O2/c1-10(2)16(6,22)9-17-15(21)18-11(3)8-14-12(4)19-20(7)13(14)5/h10-11,22H,8-9H2,1-7H3,(H2,17,18,21). The Morgan fingerprint density at radius 3 is 2.41 bits per heavy atom. The highest BCUT2D eigenvalue weighted by Crippen LogP contribution is 2.15. The monoisotopic (exact) mass is 310 g/mol. The highest BCUT2D eigenvalue weighted by atomic mass is 16.3. The number of carbonyl (C=O) groups is 1. The van der Waals surface area contributed by atoms with Gasteiger partial charge in [0.05, 0.1) is 11.3 Å². The van der Waals surface area contributed by atoms with E-state index in [-0.39, 0.29) is 24.5 Å². The van der Waals surface area contributed by atoms with Gasteiger partial charge in [0.1, 0.15) is 0 Å². The highest BCUT2D eigenvalue weighted by molar-refractivity contribution is 5.74. The van der Waals surface area contributed by atoms with Crippen molar-refractivity contribution in [1.29, 1.82) is 0 Å². The molecule has 0 saturated heterocycles. The van der Waals surface area contributed by atoms with Crippen LogP contribution < -0.4 is 10.6 Å². The van der Waals surface area contributed by atoms with Gasteiger partial charge in [0.25, 0.3) is 0 Å². The summed E-state index contributed by atoms with van der Waals surface area (Å²) in [6.07, 6.45) is 0.736. The van der Waals surface area contributed by atoms with Crippen LogP contribution in [-0.2, 0) is 13.5 Å². The summed E-state index contributed by atoms with van der Waals surface area (Å²) in [5.74, 6) is 0.0749. The molecule has 0 aliphatic rings. The van der Waals surface area contributed by atoms with E-state index in [9.17, 15) is 9.90 Å². The molecule has 126 valence electrons. The largest absolute Gasteiger partial charge is 0.388 e. The number of urea groups is 1. The third-order valence-corrected chi connectivity index (χ3v) is 4.40. The lowest BCUT2D eigenvalue weighted by molar-refractivity contribution is 0.0165. The van der Waals surface area contributed by atoms with E-state index in [0.29, 0.717) is 0 Å². The molecule has 0 aliphatic carbocycles. The van der Waals surface area contributed by atoms with Gasteiger partial charge in [-0.2, -0.15) is 5.10 Å². The fourth-order valence-electron chi connectivity index (χ4n) is 2.21. The van der Waals surface area contributed by atoms with Crippen LogP contribution in [-0.4, -0.2) is 39.1 Å². The Labute approximate surface area is 133 Å². The normalized spacial score (nSPS) is 15.5. The summed E-state index contributed by atoms with van der Waals surface area (Å²) in [5.41, 5.74) is 2.38. The lowest BCUT2D eigenvalue weighted by Crippen LogP contribution is -2.49. The maximum atomic E-state index is 11.9. The Morgan fingerprint density at radius 1 is 1.36 bits per heavy atom. The van der Waals surface area contributed by atoms with Gasteiger partial charge in [-0.1, -0.05) is 13.8 Å². The van der Waals surface area contributed by atoms with Crippen molar-refractivity contribution in [3.63, 3.8) is 0 Å². The maximum Gasteiger partial charge on any atom is 0.315 e. The van der Waals surface area contributed by atoms with E-state index >= 15 is 0 Å². The van der Waals surface area contributed by atoms with Gasteiger partial charge >= 0.3 is 6.03 Å². The van der Waals surface area contributed by atoms with Crippen molar-refractivity contribution in [3.8, 4) is 0 Å². The van der Waals surface area contributed by atoms with Crippen molar-refractivity contribution < 1.29 is 9.90 Å². The van der Waals surface area contributed by atoms with Crippen LogP contribution in [0.3, 0.4) is 0 Å². The average molecular weight is 310 g/mol. The summed E-state index contributed by atoms with van der Waals surface area (Å²) in [5, 5.41) is 20.2. The number of hydrogen-bond donors (Lipinski definition) is 3. The first-order valence-corrected chi connectivity index (χ1v) is 7.80. The number of rotatable bonds is 6.